The monoisotopic (exact) mass is 319 g/mol. The number of hydrogen-bond donors (Lipinski definition) is 0. The van der Waals surface area contributed by atoms with Gasteiger partial charge in [-0.05, 0) is 0 Å². The Kier molecular flexibility index (Phi) is 3.91. The fraction of sp³-hybridized carbons (Fsp3) is 0.400. The van der Waals surface area contributed by atoms with Crippen molar-refractivity contribution in [3.63, 3.8) is 0 Å². The minimum atomic E-state index is -3.81. The lowest BCUT2D eigenvalue weighted by molar-refractivity contribution is -0.117. The zero-order valence-electron chi connectivity index (χ0n) is 10.3. The summed E-state index contributed by atoms with van der Waals surface area (Å²) in [5.41, 5.74) is -0.00980. The number of ether oxygens (including phenoxy) is 1. The quantitative estimate of drug-likeness (QED) is 0.567. The van der Waals surface area contributed by atoms with Gasteiger partial charge in [-0.3, -0.25) is 9.69 Å². The topological polar surface area (TPSA) is 107 Å². The average molecular weight is 320 g/mol. The summed E-state index contributed by atoms with van der Waals surface area (Å²) in [6, 6.07) is 0. The molecular weight excluding hydrogens is 310 g/mol. The van der Waals surface area contributed by atoms with E-state index in [4.69, 9.17) is 10.7 Å². The summed E-state index contributed by atoms with van der Waals surface area (Å²) in [6.45, 7) is -0.0864. The summed E-state index contributed by atoms with van der Waals surface area (Å²) in [6.07, 6.45) is 2.15. The molecule has 2 heterocycles. The highest BCUT2D eigenvalue weighted by atomic mass is 35.7. The third kappa shape index (κ3) is 2.88. The molecule has 0 aliphatic carbocycles. The molecule has 1 aliphatic rings. The molecular formula is C10H10ClN3O5S. The van der Waals surface area contributed by atoms with Crippen LogP contribution in [0.1, 0.15) is 16.9 Å². The third-order valence-electron chi connectivity index (χ3n) is 2.80. The van der Waals surface area contributed by atoms with Crippen molar-refractivity contribution >= 4 is 37.4 Å². The molecule has 0 bridgehead atoms. The number of anilines is 1. The van der Waals surface area contributed by atoms with Crippen LogP contribution >= 0.6 is 10.7 Å². The smallest absolute Gasteiger partial charge is 0.358 e. The summed E-state index contributed by atoms with van der Waals surface area (Å²) in [5.74, 6) is -0.914. The van der Waals surface area contributed by atoms with Gasteiger partial charge in [0.25, 0.3) is 0 Å². The van der Waals surface area contributed by atoms with Crippen molar-refractivity contribution in [2.24, 2.45) is 0 Å². The molecule has 0 N–H and O–H groups in total. The maximum atomic E-state index is 11.8. The Hall–Kier alpha value is -1.74. The van der Waals surface area contributed by atoms with Crippen LogP contribution in [0.4, 0.5) is 5.82 Å². The Morgan fingerprint density at radius 3 is 2.60 bits per heavy atom. The van der Waals surface area contributed by atoms with Crippen LogP contribution in [0, 0.1) is 0 Å². The minimum absolute atomic E-state index is 0.00980. The second-order valence-corrected chi connectivity index (χ2v) is 6.97. The Labute approximate surface area is 119 Å². The number of rotatable bonds is 3. The van der Waals surface area contributed by atoms with Gasteiger partial charge in [-0.2, -0.15) is 0 Å². The Bertz CT molecular complexity index is 645. The normalized spacial score (nSPS) is 19.2. The average Bonchev–Trinajstić information content (AvgIpc) is 2.80. The number of aromatic nitrogens is 2. The first kappa shape index (κ1) is 14.7. The molecule has 1 aromatic heterocycles. The number of nitrogens with zero attached hydrogens (tertiary/aromatic N) is 3. The number of carbonyl (C=O) groups excluding carboxylic acids is 2. The van der Waals surface area contributed by atoms with Crippen LogP contribution in [0.3, 0.4) is 0 Å². The summed E-state index contributed by atoms with van der Waals surface area (Å²) in [5, 5.41) is -0.973. The van der Waals surface area contributed by atoms with E-state index in [-0.39, 0.29) is 24.5 Å². The zero-order chi connectivity index (χ0) is 14.9. The van der Waals surface area contributed by atoms with Gasteiger partial charge < -0.3 is 4.74 Å². The van der Waals surface area contributed by atoms with Crippen LogP contribution in [0.2, 0.25) is 0 Å². The Balaban J connectivity index is 2.21. The van der Waals surface area contributed by atoms with Gasteiger partial charge in [0, 0.05) is 23.6 Å². The number of esters is 1. The first-order valence-electron chi connectivity index (χ1n) is 5.47. The van der Waals surface area contributed by atoms with Crippen molar-refractivity contribution in [3.8, 4) is 0 Å². The van der Waals surface area contributed by atoms with Gasteiger partial charge in [-0.15, -0.1) is 0 Å². The molecule has 2 rings (SSSR count). The molecule has 1 aliphatic heterocycles. The predicted molar refractivity (Wildman–Crippen MR) is 68.9 cm³/mol. The van der Waals surface area contributed by atoms with Crippen molar-refractivity contribution in [1.82, 2.24) is 9.97 Å². The van der Waals surface area contributed by atoms with Crippen LogP contribution in [0.15, 0.2) is 12.4 Å². The number of carbonyl (C=O) groups is 2. The van der Waals surface area contributed by atoms with Crippen LogP contribution in [-0.2, 0) is 18.6 Å². The van der Waals surface area contributed by atoms with E-state index in [0.29, 0.717) is 0 Å². The van der Waals surface area contributed by atoms with Gasteiger partial charge in [0.15, 0.2) is 11.5 Å². The van der Waals surface area contributed by atoms with Crippen molar-refractivity contribution < 1.29 is 22.7 Å². The van der Waals surface area contributed by atoms with Crippen molar-refractivity contribution in [1.29, 1.82) is 0 Å². The summed E-state index contributed by atoms with van der Waals surface area (Å²) < 4.78 is 26.9. The second-order valence-electron chi connectivity index (χ2n) is 4.06. The number of amides is 1. The van der Waals surface area contributed by atoms with Gasteiger partial charge in [0.2, 0.25) is 15.0 Å². The second kappa shape index (κ2) is 5.33. The summed E-state index contributed by atoms with van der Waals surface area (Å²) in [4.78, 5) is 31.8. The van der Waals surface area contributed by atoms with E-state index in [1.54, 1.807) is 0 Å². The molecule has 10 heteroatoms. The van der Waals surface area contributed by atoms with E-state index in [9.17, 15) is 18.0 Å². The highest BCUT2D eigenvalue weighted by molar-refractivity contribution is 8.14. The van der Waals surface area contributed by atoms with Crippen molar-refractivity contribution in [3.05, 3.63) is 18.1 Å². The highest BCUT2D eigenvalue weighted by Gasteiger charge is 2.38. The number of halogens is 1. The van der Waals surface area contributed by atoms with Crippen LogP contribution in [-0.4, -0.2) is 49.2 Å². The molecule has 0 aromatic carbocycles. The Morgan fingerprint density at radius 2 is 2.15 bits per heavy atom. The van der Waals surface area contributed by atoms with Gasteiger partial charge in [-0.1, -0.05) is 0 Å². The third-order valence-corrected chi connectivity index (χ3v) is 4.66. The Morgan fingerprint density at radius 1 is 1.45 bits per heavy atom. The number of methoxy groups -OCH3 is 1. The van der Waals surface area contributed by atoms with E-state index in [0.717, 1.165) is 6.20 Å². The van der Waals surface area contributed by atoms with Gasteiger partial charge in [-0.25, -0.2) is 23.2 Å². The molecule has 1 atom stereocenters. The molecule has 0 radical (unpaired) electrons. The van der Waals surface area contributed by atoms with Gasteiger partial charge in [0.05, 0.1) is 19.5 Å². The predicted octanol–water partition coefficient (Wildman–Crippen LogP) is -0.0629. The standard InChI is InChI=1S/C10H10ClN3O5S/c1-19-10(16)7-3-13-8(4-12-7)14-5-6(2-9(14)15)20(11,17)18/h3-4,6H,2,5H2,1H3. The maximum absolute atomic E-state index is 11.8. The fourth-order valence-electron chi connectivity index (χ4n) is 1.76. The van der Waals surface area contributed by atoms with Crippen LogP contribution in [0.5, 0.6) is 0 Å². The molecule has 8 nitrogen and oxygen atoms in total. The van der Waals surface area contributed by atoms with Gasteiger partial charge in [0.1, 0.15) is 5.25 Å². The van der Waals surface area contributed by atoms with E-state index in [1.165, 1.54) is 18.2 Å². The first-order chi connectivity index (χ1) is 9.32. The molecule has 1 unspecified atom stereocenters. The lowest BCUT2D eigenvalue weighted by atomic mass is 10.4. The van der Waals surface area contributed by atoms with E-state index in [1.807, 2.05) is 0 Å². The van der Waals surface area contributed by atoms with Crippen molar-refractivity contribution in [2.45, 2.75) is 11.7 Å². The summed E-state index contributed by atoms with van der Waals surface area (Å²) in [7, 11) is 2.63. The SMILES string of the molecule is COC(=O)c1cnc(N2CC(S(=O)(=O)Cl)CC2=O)cn1. The molecule has 1 aromatic rings. The molecule has 0 spiro atoms. The van der Waals surface area contributed by atoms with Crippen LogP contribution < -0.4 is 4.90 Å². The van der Waals surface area contributed by atoms with Gasteiger partial charge >= 0.3 is 5.97 Å². The largest absolute Gasteiger partial charge is 0.464 e. The van der Waals surface area contributed by atoms with Crippen molar-refractivity contribution in [2.75, 3.05) is 18.6 Å². The summed E-state index contributed by atoms with van der Waals surface area (Å²) >= 11 is 0. The highest BCUT2D eigenvalue weighted by Crippen LogP contribution is 2.24. The minimum Gasteiger partial charge on any atom is -0.464 e. The molecule has 108 valence electrons. The fourth-order valence-corrected chi connectivity index (χ4v) is 2.78. The lowest BCUT2D eigenvalue weighted by Gasteiger charge is -2.14. The molecule has 1 saturated heterocycles. The molecule has 1 amide bonds. The molecule has 20 heavy (non-hydrogen) atoms. The first-order valence-corrected chi connectivity index (χ1v) is 7.84. The van der Waals surface area contributed by atoms with E-state index in [2.05, 4.69) is 14.7 Å². The maximum Gasteiger partial charge on any atom is 0.358 e. The lowest BCUT2D eigenvalue weighted by Crippen LogP contribution is -2.27. The van der Waals surface area contributed by atoms with E-state index >= 15 is 0 Å². The van der Waals surface area contributed by atoms with Crippen LogP contribution in [0.25, 0.3) is 0 Å². The number of hydrogen-bond acceptors (Lipinski definition) is 7. The molecule has 1 fully saturated rings. The van der Waals surface area contributed by atoms with E-state index < -0.39 is 26.2 Å². The zero-order valence-corrected chi connectivity index (χ0v) is 11.9. The molecule has 0 saturated carbocycles.